The Balaban J connectivity index is 1.95. The lowest BCUT2D eigenvalue weighted by Crippen LogP contribution is -2.16. The van der Waals surface area contributed by atoms with E-state index in [2.05, 4.69) is 37.3 Å². The van der Waals surface area contributed by atoms with Gasteiger partial charge in [0.1, 0.15) is 0 Å². The summed E-state index contributed by atoms with van der Waals surface area (Å²) in [5, 5.41) is 0. The molecule has 3 unspecified atom stereocenters. The van der Waals surface area contributed by atoms with Crippen molar-refractivity contribution in [2.24, 2.45) is 17.6 Å². The van der Waals surface area contributed by atoms with Gasteiger partial charge in [0, 0.05) is 0 Å². The third-order valence-electron chi connectivity index (χ3n) is 3.64. The highest BCUT2D eigenvalue weighted by Crippen LogP contribution is 2.52. The first kappa shape index (κ1) is 10.7. The van der Waals surface area contributed by atoms with Crippen LogP contribution in [0.1, 0.15) is 37.7 Å². The number of hydrogen-bond donors (Lipinski definition) is 1. The first-order valence-corrected chi connectivity index (χ1v) is 6.11. The van der Waals surface area contributed by atoms with Gasteiger partial charge in [0.2, 0.25) is 0 Å². The predicted octanol–water partition coefficient (Wildman–Crippen LogP) is 3.17. The van der Waals surface area contributed by atoms with Crippen LogP contribution in [-0.4, -0.2) is 6.54 Å². The molecule has 1 fully saturated rings. The van der Waals surface area contributed by atoms with Gasteiger partial charge in [-0.25, -0.2) is 0 Å². The van der Waals surface area contributed by atoms with Gasteiger partial charge in [-0.1, -0.05) is 43.7 Å². The molecule has 2 rings (SSSR count). The summed E-state index contributed by atoms with van der Waals surface area (Å²) in [4.78, 5) is 0. The average molecular weight is 203 g/mol. The normalized spacial score (nSPS) is 26.3. The van der Waals surface area contributed by atoms with Crippen molar-refractivity contribution in [3.63, 3.8) is 0 Å². The molecule has 0 aromatic heterocycles. The molecular formula is C14H21N. The maximum Gasteiger partial charge on any atom is -0.00460 e. The molecule has 0 spiro atoms. The van der Waals surface area contributed by atoms with Crippen LogP contribution in [0.25, 0.3) is 0 Å². The molecule has 1 aliphatic carbocycles. The summed E-state index contributed by atoms with van der Waals surface area (Å²) in [6.07, 6.45) is 3.91. The van der Waals surface area contributed by atoms with Crippen molar-refractivity contribution in [3.05, 3.63) is 35.9 Å². The minimum absolute atomic E-state index is 0.750. The van der Waals surface area contributed by atoms with Gasteiger partial charge in [-0.15, -0.1) is 0 Å². The lowest BCUT2D eigenvalue weighted by Gasteiger charge is -2.13. The van der Waals surface area contributed by atoms with Crippen LogP contribution in [0.5, 0.6) is 0 Å². The highest BCUT2D eigenvalue weighted by Gasteiger charge is 2.42. The van der Waals surface area contributed by atoms with Gasteiger partial charge >= 0.3 is 0 Å². The Morgan fingerprint density at radius 1 is 1.33 bits per heavy atom. The van der Waals surface area contributed by atoms with Crippen LogP contribution in [0, 0.1) is 11.8 Å². The summed E-state index contributed by atoms with van der Waals surface area (Å²) in [5.74, 6) is 2.41. The van der Waals surface area contributed by atoms with Crippen LogP contribution >= 0.6 is 0 Å². The van der Waals surface area contributed by atoms with Crippen LogP contribution in [0.2, 0.25) is 0 Å². The zero-order valence-corrected chi connectivity index (χ0v) is 9.52. The van der Waals surface area contributed by atoms with Crippen LogP contribution in [-0.2, 0) is 0 Å². The molecule has 0 heterocycles. The van der Waals surface area contributed by atoms with Crippen molar-refractivity contribution in [1.82, 2.24) is 0 Å². The van der Waals surface area contributed by atoms with E-state index in [9.17, 15) is 0 Å². The summed E-state index contributed by atoms with van der Waals surface area (Å²) < 4.78 is 0. The van der Waals surface area contributed by atoms with E-state index < -0.39 is 0 Å². The van der Waals surface area contributed by atoms with Crippen molar-refractivity contribution in [2.75, 3.05) is 6.54 Å². The van der Waals surface area contributed by atoms with Crippen LogP contribution in [0.15, 0.2) is 30.3 Å². The number of benzene rings is 1. The summed E-state index contributed by atoms with van der Waals surface area (Å²) in [6.45, 7) is 3.12. The monoisotopic (exact) mass is 203 g/mol. The van der Waals surface area contributed by atoms with Crippen molar-refractivity contribution < 1.29 is 0 Å². The molecule has 1 saturated carbocycles. The molecule has 1 aromatic rings. The van der Waals surface area contributed by atoms with Crippen molar-refractivity contribution >= 4 is 0 Å². The summed E-state index contributed by atoms with van der Waals surface area (Å²) in [6, 6.07) is 10.9. The molecule has 0 radical (unpaired) electrons. The van der Waals surface area contributed by atoms with E-state index in [1.807, 2.05) is 0 Å². The smallest absolute Gasteiger partial charge is 0.00460 e. The molecule has 1 aliphatic rings. The minimum Gasteiger partial charge on any atom is -0.330 e. The Labute approximate surface area is 92.7 Å². The highest BCUT2D eigenvalue weighted by atomic mass is 14.6. The van der Waals surface area contributed by atoms with Gasteiger partial charge in [0.25, 0.3) is 0 Å². The fourth-order valence-corrected chi connectivity index (χ4v) is 2.70. The van der Waals surface area contributed by atoms with E-state index in [1.54, 1.807) is 0 Å². The van der Waals surface area contributed by atoms with E-state index in [4.69, 9.17) is 5.73 Å². The van der Waals surface area contributed by atoms with Gasteiger partial charge in [-0.05, 0) is 42.7 Å². The largest absolute Gasteiger partial charge is 0.330 e. The van der Waals surface area contributed by atoms with Gasteiger partial charge < -0.3 is 5.73 Å². The molecular weight excluding hydrogens is 182 g/mol. The highest BCUT2D eigenvalue weighted by molar-refractivity contribution is 5.26. The second-order valence-electron chi connectivity index (χ2n) is 4.70. The number of rotatable bonds is 5. The van der Waals surface area contributed by atoms with Gasteiger partial charge in [0.05, 0.1) is 0 Å². The van der Waals surface area contributed by atoms with Crippen molar-refractivity contribution in [3.8, 4) is 0 Å². The lowest BCUT2D eigenvalue weighted by molar-refractivity contribution is 0.426. The van der Waals surface area contributed by atoms with Crippen LogP contribution in [0.4, 0.5) is 0 Å². The van der Waals surface area contributed by atoms with Crippen LogP contribution in [0.3, 0.4) is 0 Å². The van der Waals surface area contributed by atoms with E-state index in [1.165, 1.54) is 24.8 Å². The molecule has 0 bridgehead atoms. The van der Waals surface area contributed by atoms with Crippen molar-refractivity contribution in [1.29, 1.82) is 0 Å². The molecule has 15 heavy (non-hydrogen) atoms. The van der Waals surface area contributed by atoms with E-state index >= 15 is 0 Å². The fourth-order valence-electron chi connectivity index (χ4n) is 2.70. The summed E-state index contributed by atoms with van der Waals surface area (Å²) in [7, 11) is 0. The zero-order valence-electron chi connectivity index (χ0n) is 9.52. The van der Waals surface area contributed by atoms with Gasteiger partial charge in [-0.2, -0.15) is 0 Å². The molecule has 0 saturated heterocycles. The molecule has 0 amide bonds. The second kappa shape index (κ2) is 4.80. The topological polar surface area (TPSA) is 26.0 Å². The third-order valence-corrected chi connectivity index (χ3v) is 3.64. The van der Waals surface area contributed by atoms with E-state index in [-0.39, 0.29) is 0 Å². The molecule has 3 atom stereocenters. The zero-order chi connectivity index (χ0) is 10.7. The Morgan fingerprint density at radius 3 is 2.67 bits per heavy atom. The van der Waals surface area contributed by atoms with Crippen molar-refractivity contribution in [2.45, 2.75) is 32.1 Å². The Hall–Kier alpha value is -0.820. The fraction of sp³-hybridized carbons (Fsp3) is 0.571. The Morgan fingerprint density at radius 2 is 2.07 bits per heavy atom. The molecule has 2 N–H and O–H groups in total. The van der Waals surface area contributed by atoms with E-state index in [0.29, 0.717) is 0 Å². The van der Waals surface area contributed by atoms with Crippen LogP contribution < -0.4 is 5.73 Å². The quantitative estimate of drug-likeness (QED) is 0.781. The third kappa shape index (κ3) is 2.40. The molecule has 1 nitrogen and oxygen atoms in total. The number of hydrogen-bond acceptors (Lipinski definition) is 1. The average Bonchev–Trinajstić information content (AvgIpc) is 3.07. The standard InChI is InChI=1S/C14H21N/c1-2-6-12(10-15)14-9-13(14)11-7-4-3-5-8-11/h3-5,7-8,12-14H,2,6,9-10,15H2,1H3. The Kier molecular flexibility index (Phi) is 3.42. The maximum absolute atomic E-state index is 5.84. The van der Waals surface area contributed by atoms with Gasteiger partial charge in [-0.3, -0.25) is 0 Å². The first-order valence-electron chi connectivity index (χ1n) is 6.11. The lowest BCUT2D eigenvalue weighted by atomic mass is 9.95. The number of nitrogens with two attached hydrogens (primary N) is 1. The second-order valence-corrected chi connectivity index (χ2v) is 4.70. The molecule has 1 aromatic carbocycles. The summed E-state index contributed by atoms with van der Waals surface area (Å²) in [5.41, 5.74) is 7.35. The van der Waals surface area contributed by atoms with Gasteiger partial charge in [0.15, 0.2) is 0 Å². The molecule has 82 valence electrons. The Bertz CT molecular complexity index is 293. The van der Waals surface area contributed by atoms with E-state index in [0.717, 1.165) is 24.3 Å². The summed E-state index contributed by atoms with van der Waals surface area (Å²) >= 11 is 0. The maximum atomic E-state index is 5.84. The predicted molar refractivity (Wildman–Crippen MR) is 64.7 cm³/mol. The molecule has 0 aliphatic heterocycles. The molecule has 1 heteroatoms. The SMILES string of the molecule is CCCC(CN)C1CC1c1ccccc1. The first-order chi connectivity index (χ1) is 7.36. The minimum atomic E-state index is 0.750.